The van der Waals surface area contributed by atoms with Crippen molar-refractivity contribution in [2.24, 2.45) is 5.73 Å². The van der Waals surface area contributed by atoms with Gasteiger partial charge in [0.2, 0.25) is 5.91 Å². The van der Waals surface area contributed by atoms with E-state index in [1.54, 1.807) is 23.1 Å². The van der Waals surface area contributed by atoms with Gasteiger partial charge in [0, 0.05) is 16.7 Å². The molecular weight excluding hydrogens is 404 g/mol. The van der Waals surface area contributed by atoms with Gasteiger partial charge in [0.05, 0.1) is 16.5 Å². The van der Waals surface area contributed by atoms with Crippen LogP contribution in [0, 0.1) is 0 Å². The first kappa shape index (κ1) is 17.7. The van der Waals surface area contributed by atoms with Crippen LogP contribution in [0.5, 0.6) is 0 Å². The van der Waals surface area contributed by atoms with Gasteiger partial charge in [-0.15, -0.1) is 21.5 Å². The summed E-state index contributed by atoms with van der Waals surface area (Å²) in [5.74, 6) is 0.557. The molecule has 0 saturated heterocycles. The molecule has 0 aliphatic heterocycles. The Hall–Kier alpha value is -1.13. The van der Waals surface area contributed by atoms with Crippen LogP contribution in [0.4, 0.5) is 0 Å². The molecule has 2 N–H and O–H groups in total. The van der Waals surface area contributed by atoms with Crippen molar-refractivity contribution in [3.8, 4) is 10.6 Å². The number of nitrogens with zero attached hydrogens (tertiary/aromatic N) is 3. The van der Waals surface area contributed by atoms with Crippen molar-refractivity contribution >= 4 is 63.7 Å². The van der Waals surface area contributed by atoms with Gasteiger partial charge in [-0.3, -0.25) is 4.79 Å². The van der Waals surface area contributed by atoms with E-state index in [9.17, 15) is 4.79 Å². The molecule has 5 nitrogen and oxygen atoms in total. The van der Waals surface area contributed by atoms with E-state index < -0.39 is 0 Å². The van der Waals surface area contributed by atoms with Crippen LogP contribution < -0.4 is 5.73 Å². The Morgan fingerprint density at radius 3 is 2.71 bits per heavy atom. The molecule has 0 spiro atoms. The zero-order valence-electron chi connectivity index (χ0n) is 12.1. The third-order valence-corrected chi connectivity index (χ3v) is 7.23. The van der Waals surface area contributed by atoms with Crippen LogP contribution in [-0.4, -0.2) is 26.8 Å². The summed E-state index contributed by atoms with van der Waals surface area (Å²) < 4.78 is 1.58. The van der Waals surface area contributed by atoms with Gasteiger partial charge in [-0.1, -0.05) is 64.7 Å². The molecule has 1 amide bonds. The lowest BCUT2D eigenvalue weighted by Crippen LogP contribution is -2.12. The molecule has 0 aliphatic carbocycles. The van der Waals surface area contributed by atoms with Gasteiger partial charge in [0.15, 0.2) is 8.68 Å². The number of hydrogen-bond acceptors (Lipinski definition) is 8. The standard InChI is InChI=1S/C14H11ClN4OS4/c15-10-4-2-1-3-9(10)12-17-8(5-21-12)6-22-13-18-19-14(24-13)23-7-11(16)20/h1-5H,6-7H2,(H2,16,20). The predicted octanol–water partition coefficient (Wildman–Crippen LogP) is 4.18. The van der Waals surface area contributed by atoms with Crippen LogP contribution in [0.3, 0.4) is 0 Å². The summed E-state index contributed by atoms with van der Waals surface area (Å²) in [7, 11) is 0. The molecule has 1 aromatic carbocycles. The maximum atomic E-state index is 10.8. The molecule has 2 aromatic heterocycles. The highest BCUT2D eigenvalue weighted by Gasteiger charge is 2.11. The van der Waals surface area contributed by atoms with Crippen LogP contribution >= 0.6 is 57.8 Å². The minimum Gasteiger partial charge on any atom is -0.369 e. The Kier molecular flexibility index (Phi) is 6.12. The lowest BCUT2D eigenvalue weighted by Gasteiger charge is -1.98. The van der Waals surface area contributed by atoms with Crippen molar-refractivity contribution in [2.45, 2.75) is 14.4 Å². The molecular formula is C14H11ClN4OS4. The van der Waals surface area contributed by atoms with Crippen molar-refractivity contribution < 1.29 is 4.79 Å². The van der Waals surface area contributed by atoms with Gasteiger partial charge in [-0.25, -0.2) is 4.98 Å². The number of hydrogen-bond donors (Lipinski definition) is 1. The van der Waals surface area contributed by atoms with Crippen LogP contribution in [0.25, 0.3) is 10.6 Å². The van der Waals surface area contributed by atoms with Crippen LogP contribution in [0.1, 0.15) is 5.69 Å². The molecule has 2 heterocycles. The van der Waals surface area contributed by atoms with Gasteiger partial charge >= 0.3 is 0 Å². The van der Waals surface area contributed by atoms with E-state index in [2.05, 4.69) is 15.2 Å². The zero-order valence-corrected chi connectivity index (χ0v) is 16.2. The summed E-state index contributed by atoms with van der Waals surface area (Å²) in [5.41, 5.74) is 7.04. The van der Waals surface area contributed by atoms with E-state index in [4.69, 9.17) is 17.3 Å². The highest BCUT2D eigenvalue weighted by molar-refractivity contribution is 8.03. The second-order valence-corrected chi connectivity index (χ2v) is 9.19. The van der Waals surface area contributed by atoms with Crippen molar-refractivity contribution in [3.63, 3.8) is 0 Å². The fourth-order valence-electron chi connectivity index (χ4n) is 1.71. The highest BCUT2D eigenvalue weighted by atomic mass is 35.5. The third-order valence-electron chi connectivity index (χ3n) is 2.73. The molecule has 3 aromatic rings. The zero-order chi connectivity index (χ0) is 16.9. The number of thiazole rings is 1. The Balaban J connectivity index is 1.60. The Morgan fingerprint density at radius 1 is 1.21 bits per heavy atom. The molecule has 10 heteroatoms. The van der Waals surface area contributed by atoms with E-state index in [-0.39, 0.29) is 11.7 Å². The van der Waals surface area contributed by atoms with E-state index in [0.29, 0.717) is 10.8 Å². The number of rotatable bonds is 7. The summed E-state index contributed by atoms with van der Waals surface area (Å²) in [4.78, 5) is 15.4. The fourth-order valence-corrected chi connectivity index (χ4v) is 5.61. The molecule has 0 fully saturated rings. The van der Waals surface area contributed by atoms with Gasteiger partial charge in [0.25, 0.3) is 0 Å². The molecule has 0 atom stereocenters. The van der Waals surface area contributed by atoms with Crippen molar-refractivity contribution in [2.75, 3.05) is 5.75 Å². The molecule has 3 rings (SSSR count). The van der Waals surface area contributed by atoms with E-state index >= 15 is 0 Å². The number of halogens is 1. The van der Waals surface area contributed by atoms with Crippen LogP contribution in [0.2, 0.25) is 5.02 Å². The number of benzene rings is 1. The summed E-state index contributed by atoms with van der Waals surface area (Å²) >= 11 is 12.1. The van der Waals surface area contributed by atoms with Crippen molar-refractivity contribution in [1.82, 2.24) is 15.2 Å². The predicted molar refractivity (Wildman–Crippen MR) is 102 cm³/mol. The van der Waals surface area contributed by atoms with Gasteiger partial charge < -0.3 is 5.73 Å². The largest absolute Gasteiger partial charge is 0.369 e. The third kappa shape index (κ3) is 4.70. The van der Waals surface area contributed by atoms with Crippen molar-refractivity contribution in [1.29, 1.82) is 0 Å². The Bertz CT molecular complexity index is 851. The number of aromatic nitrogens is 3. The van der Waals surface area contributed by atoms with E-state index in [1.807, 2.05) is 29.6 Å². The maximum Gasteiger partial charge on any atom is 0.227 e. The Labute approximate surface area is 160 Å². The lowest BCUT2D eigenvalue weighted by molar-refractivity contribution is -0.115. The number of primary amides is 1. The number of thioether (sulfide) groups is 2. The van der Waals surface area contributed by atoms with Gasteiger partial charge in [0.1, 0.15) is 5.01 Å². The minimum absolute atomic E-state index is 0.215. The normalized spacial score (nSPS) is 10.9. The molecule has 0 radical (unpaired) electrons. The van der Waals surface area contributed by atoms with E-state index in [0.717, 1.165) is 24.9 Å². The van der Waals surface area contributed by atoms with Gasteiger partial charge in [-0.2, -0.15) is 0 Å². The molecule has 24 heavy (non-hydrogen) atoms. The number of carbonyl (C=O) groups excluding carboxylic acids is 1. The lowest BCUT2D eigenvalue weighted by atomic mass is 10.2. The monoisotopic (exact) mass is 414 g/mol. The second kappa shape index (κ2) is 8.30. The number of nitrogens with two attached hydrogens (primary N) is 1. The maximum absolute atomic E-state index is 10.8. The van der Waals surface area contributed by atoms with E-state index in [1.165, 1.54) is 23.1 Å². The second-order valence-electron chi connectivity index (χ2n) is 4.50. The highest BCUT2D eigenvalue weighted by Crippen LogP contribution is 2.33. The molecule has 0 bridgehead atoms. The SMILES string of the molecule is NC(=O)CSc1nnc(SCc2csc(-c3ccccc3Cl)n2)s1. The van der Waals surface area contributed by atoms with Crippen LogP contribution in [-0.2, 0) is 10.5 Å². The first-order valence-electron chi connectivity index (χ1n) is 6.68. The average Bonchev–Trinajstić information content (AvgIpc) is 3.21. The topological polar surface area (TPSA) is 81.8 Å². The number of carbonyl (C=O) groups is 1. The Morgan fingerprint density at radius 2 is 1.96 bits per heavy atom. The molecule has 0 aliphatic rings. The van der Waals surface area contributed by atoms with Crippen LogP contribution in [0.15, 0.2) is 38.3 Å². The van der Waals surface area contributed by atoms with Gasteiger partial charge in [-0.05, 0) is 6.07 Å². The summed E-state index contributed by atoms with van der Waals surface area (Å²) in [6.45, 7) is 0. The molecule has 124 valence electrons. The summed E-state index contributed by atoms with van der Waals surface area (Å²) in [5, 5.41) is 11.8. The summed E-state index contributed by atoms with van der Waals surface area (Å²) in [6.07, 6.45) is 0. The smallest absolute Gasteiger partial charge is 0.227 e. The average molecular weight is 415 g/mol. The molecule has 0 unspecified atom stereocenters. The molecule has 0 saturated carbocycles. The summed E-state index contributed by atoms with van der Waals surface area (Å²) in [6, 6.07) is 7.67. The number of amides is 1. The first-order chi connectivity index (χ1) is 11.6. The fraction of sp³-hybridized carbons (Fsp3) is 0.143. The first-order valence-corrected chi connectivity index (χ1v) is 10.7. The quantitative estimate of drug-likeness (QED) is 0.584. The van der Waals surface area contributed by atoms with Crippen molar-refractivity contribution in [3.05, 3.63) is 40.4 Å². The minimum atomic E-state index is -0.362.